The van der Waals surface area contributed by atoms with Crippen LogP contribution in [0.15, 0.2) is 27.2 Å². The predicted molar refractivity (Wildman–Crippen MR) is 70.9 cm³/mol. The third-order valence-electron chi connectivity index (χ3n) is 2.40. The standard InChI is InChI=1S/C12H12BrN3O3/c1-7-15-11(19-16-7)4-5-14-12(18)8-2-3-9(13)10(17)6-8/h2-3,6,17H,4-5H2,1H3,(H,14,18). The van der Waals surface area contributed by atoms with Crippen LogP contribution in [0.3, 0.4) is 0 Å². The van der Waals surface area contributed by atoms with Crippen LogP contribution < -0.4 is 5.32 Å². The highest BCUT2D eigenvalue weighted by Crippen LogP contribution is 2.24. The van der Waals surface area contributed by atoms with E-state index < -0.39 is 0 Å². The van der Waals surface area contributed by atoms with E-state index in [9.17, 15) is 9.90 Å². The fourth-order valence-electron chi connectivity index (χ4n) is 1.48. The molecular weight excluding hydrogens is 314 g/mol. The van der Waals surface area contributed by atoms with Crippen LogP contribution >= 0.6 is 15.9 Å². The lowest BCUT2D eigenvalue weighted by molar-refractivity contribution is 0.0953. The van der Waals surface area contributed by atoms with Gasteiger partial charge in [0.2, 0.25) is 5.89 Å². The van der Waals surface area contributed by atoms with Crippen LogP contribution in [0.4, 0.5) is 0 Å². The van der Waals surface area contributed by atoms with E-state index >= 15 is 0 Å². The predicted octanol–water partition coefficient (Wildman–Crippen LogP) is 1.82. The van der Waals surface area contributed by atoms with Crippen molar-refractivity contribution >= 4 is 21.8 Å². The summed E-state index contributed by atoms with van der Waals surface area (Å²) in [5.74, 6) is 0.815. The Bertz CT molecular complexity index is 598. The highest BCUT2D eigenvalue weighted by molar-refractivity contribution is 9.10. The average molecular weight is 326 g/mol. The van der Waals surface area contributed by atoms with Gasteiger partial charge in [0.05, 0.1) is 4.47 Å². The van der Waals surface area contributed by atoms with Gasteiger partial charge in [-0.1, -0.05) is 5.16 Å². The van der Waals surface area contributed by atoms with Gasteiger partial charge in [-0.25, -0.2) is 0 Å². The summed E-state index contributed by atoms with van der Waals surface area (Å²) in [6, 6.07) is 4.64. The van der Waals surface area contributed by atoms with Crippen molar-refractivity contribution in [3.05, 3.63) is 40.0 Å². The molecule has 19 heavy (non-hydrogen) atoms. The molecule has 0 saturated carbocycles. The fraction of sp³-hybridized carbons (Fsp3) is 0.250. The van der Waals surface area contributed by atoms with E-state index in [2.05, 4.69) is 31.4 Å². The van der Waals surface area contributed by atoms with Crippen molar-refractivity contribution in [1.29, 1.82) is 0 Å². The number of hydrogen-bond donors (Lipinski definition) is 2. The molecule has 0 spiro atoms. The quantitative estimate of drug-likeness (QED) is 0.895. The Morgan fingerprint density at radius 3 is 2.95 bits per heavy atom. The first-order valence-electron chi connectivity index (χ1n) is 5.62. The first-order chi connectivity index (χ1) is 9.06. The minimum atomic E-state index is -0.265. The Balaban J connectivity index is 1.89. The number of phenolic OH excluding ortho intramolecular Hbond substituents is 1. The average Bonchev–Trinajstić information content (AvgIpc) is 2.78. The normalized spacial score (nSPS) is 10.4. The van der Waals surface area contributed by atoms with E-state index in [1.807, 2.05) is 0 Å². The van der Waals surface area contributed by atoms with E-state index in [4.69, 9.17) is 4.52 Å². The number of aryl methyl sites for hydroxylation is 1. The molecular formula is C12H12BrN3O3. The van der Waals surface area contributed by atoms with E-state index in [1.165, 1.54) is 6.07 Å². The molecule has 7 heteroatoms. The van der Waals surface area contributed by atoms with Crippen molar-refractivity contribution in [1.82, 2.24) is 15.5 Å². The number of rotatable bonds is 4. The number of amides is 1. The van der Waals surface area contributed by atoms with Gasteiger partial charge in [0.15, 0.2) is 5.82 Å². The first kappa shape index (κ1) is 13.5. The summed E-state index contributed by atoms with van der Waals surface area (Å²) < 4.78 is 5.47. The first-order valence-corrected chi connectivity index (χ1v) is 6.41. The second-order valence-corrected chi connectivity index (χ2v) is 4.76. The van der Waals surface area contributed by atoms with Gasteiger partial charge in [-0.05, 0) is 41.1 Å². The molecule has 0 aliphatic rings. The van der Waals surface area contributed by atoms with Crippen molar-refractivity contribution in [2.24, 2.45) is 0 Å². The maximum atomic E-state index is 11.8. The Kier molecular flexibility index (Phi) is 4.16. The van der Waals surface area contributed by atoms with Gasteiger partial charge in [0.1, 0.15) is 5.75 Å². The van der Waals surface area contributed by atoms with E-state index in [0.29, 0.717) is 34.7 Å². The summed E-state index contributed by atoms with van der Waals surface area (Å²) in [6.45, 7) is 2.12. The van der Waals surface area contributed by atoms with E-state index in [-0.39, 0.29) is 11.7 Å². The molecule has 0 atom stereocenters. The molecule has 1 amide bonds. The van der Waals surface area contributed by atoms with Gasteiger partial charge >= 0.3 is 0 Å². The van der Waals surface area contributed by atoms with Gasteiger partial charge in [-0.3, -0.25) is 4.79 Å². The van der Waals surface area contributed by atoms with Crippen LogP contribution in [0.25, 0.3) is 0 Å². The lowest BCUT2D eigenvalue weighted by Gasteiger charge is -2.04. The number of hydrogen-bond acceptors (Lipinski definition) is 5. The Labute approximate surface area is 118 Å². The zero-order valence-corrected chi connectivity index (χ0v) is 11.8. The maximum absolute atomic E-state index is 11.8. The number of aromatic nitrogens is 2. The van der Waals surface area contributed by atoms with Crippen LogP contribution in [-0.2, 0) is 6.42 Å². The molecule has 0 bridgehead atoms. The van der Waals surface area contributed by atoms with Crippen LogP contribution in [0.1, 0.15) is 22.1 Å². The lowest BCUT2D eigenvalue weighted by atomic mass is 10.2. The summed E-state index contributed by atoms with van der Waals surface area (Å²) in [5, 5.41) is 15.9. The molecule has 0 saturated heterocycles. The Morgan fingerprint density at radius 2 is 2.32 bits per heavy atom. The number of nitrogens with zero attached hydrogens (tertiary/aromatic N) is 2. The molecule has 0 radical (unpaired) electrons. The molecule has 0 fully saturated rings. The maximum Gasteiger partial charge on any atom is 0.251 e. The summed E-state index contributed by atoms with van der Waals surface area (Å²) in [4.78, 5) is 15.8. The van der Waals surface area contributed by atoms with Crippen LogP contribution in [0.2, 0.25) is 0 Å². The Morgan fingerprint density at radius 1 is 1.53 bits per heavy atom. The largest absolute Gasteiger partial charge is 0.507 e. The summed E-state index contributed by atoms with van der Waals surface area (Å²) in [6.07, 6.45) is 0.467. The second-order valence-electron chi connectivity index (χ2n) is 3.91. The highest BCUT2D eigenvalue weighted by Gasteiger charge is 2.09. The second kappa shape index (κ2) is 5.83. The van der Waals surface area contributed by atoms with Gasteiger partial charge in [0, 0.05) is 18.5 Å². The number of nitrogens with one attached hydrogen (secondary N) is 1. The summed E-state index contributed by atoms with van der Waals surface area (Å²) in [5.41, 5.74) is 0.391. The third kappa shape index (κ3) is 3.54. The van der Waals surface area contributed by atoms with Crippen molar-refractivity contribution in [2.45, 2.75) is 13.3 Å². The van der Waals surface area contributed by atoms with Gasteiger partial charge in [-0.2, -0.15) is 4.98 Å². The number of halogens is 1. The molecule has 2 N–H and O–H groups in total. The van der Waals surface area contributed by atoms with Crippen molar-refractivity contribution < 1.29 is 14.4 Å². The van der Waals surface area contributed by atoms with Gasteiger partial charge < -0.3 is 14.9 Å². The molecule has 6 nitrogen and oxygen atoms in total. The zero-order chi connectivity index (χ0) is 13.8. The van der Waals surface area contributed by atoms with Crippen LogP contribution in [0, 0.1) is 6.92 Å². The topological polar surface area (TPSA) is 88.2 Å². The fourth-order valence-corrected chi connectivity index (χ4v) is 1.73. The number of aromatic hydroxyl groups is 1. The smallest absolute Gasteiger partial charge is 0.251 e. The zero-order valence-electron chi connectivity index (χ0n) is 10.2. The van der Waals surface area contributed by atoms with E-state index in [1.54, 1.807) is 19.1 Å². The number of carbonyl (C=O) groups is 1. The molecule has 2 aromatic rings. The summed E-state index contributed by atoms with van der Waals surface area (Å²) in [7, 11) is 0. The minimum Gasteiger partial charge on any atom is -0.507 e. The highest BCUT2D eigenvalue weighted by atomic mass is 79.9. The SMILES string of the molecule is Cc1noc(CCNC(=O)c2ccc(Br)c(O)c2)n1. The van der Waals surface area contributed by atoms with Gasteiger partial charge in [-0.15, -0.1) is 0 Å². The molecule has 1 heterocycles. The summed E-state index contributed by atoms with van der Waals surface area (Å²) >= 11 is 3.15. The van der Waals surface area contributed by atoms with Crippen molar-refractivity contribution in [2.75, 3.05) is 6.54 Å². The molecule has 0 aliphatic heterocycles. The van der Waals surface area contributed by atoms with Crippen molar-refractivity contribution in [3.63, 3.8) is 0 Å². The van der Waals surface area contributed by atoms with Crippen molar-refractivity contribution in [3.8, 4) is 5.75 Å². The van der Waals surface area contributed by atoms with Crippen LogP contribution in [-0.4, -0.2) is 27.7 Å². The molecule has 0 aliphatic carbocycles. The molecule has 100 valence electrons. The number of carbonyl (C=O) groups excluding carboxylic acids is 1. The minimum absolute atomic E-state index is 0.0279. The third-order valence-corrected chi connectivity index (χ3v) is 3.07. The molecule has 1 aromatic carbocycles. The van der Waals surface area contributed by atoms with Crippen LogP contribution in [0.5, 0.6) is 5.75 Å². The molecule has 1 aromatic heterocycles. The monoisotopic (exact) mass is 325 g/mol. The number of benzene rings is 1. The lowest BCUT2D eigenvalue weighted by Crippen LogP contribution is -2.25. The molecule has 2 rings (SSSR count). The molecule has 0 unspecified atom stereocenters. The van der Waals surface area contributed by atoms with E-state index in [0.717, 1.165) is 0 Å². The Hall–Kier alpha value is -1.89. The number of phenols is 1. The van der Waals surface area contributed by atoms with Gasteiger partial charge in [0.25, 0.3) is 5.91 Å².